The van der Waals surface area contributed by atoms with Crippen LogP contribution >= 0.6 is 0 Å². The molecule has 1 unspecified atom stereocenters. The summed E-state index contributed by atoms with van der Waals surface area (Å²) in [7, 11) is 0. The summed E-state index contributed by atoms with van der Waals surface area (Å²) in [6.45, 7) is 3.68. The zero-order valence-electron chi connectivity index (χ0n) is 16.1. The Morgan fingerprint density at radius 2 is 1.79 bits per heavy atom. The van der Waals surface area contributed by atoms with Gasteiger partial charge in [0.2, 0.25) is 12.1 Å². The Labute approximate surface area is 170 Å². The highest BCUT2D eigenvalue weighted by Gasteiger charge is 2.21. The van der Waals surface area contributed by atoms with E-state index in [0.29, 0.717) is 12.4 Å². The van der Waals surface area contributed by atoms with Gasteiger partial charge < -0.3 is 24.4 Å². The van der Waals surface area contributed by atoms with Gasteiger partial charge in [0.05, 0.1) is 19.8 Å². The Morgan fingerprint density at radius 1 is 1.03 bits per heavy atom. The average Bonchev–Trinajstić information content (AvgIpc) is 2.81. The summed E-state index contributed by atoms with van der Waals surface area (Å²) in [6.07, 6.45) is 4.19. The van der Waals surface area contributed by atoms with Crippen LogP contribution in [-0.4, -0.2) is 38.7 Å². The van der Waals surface area contributed by atoms with Gasteiger partial charge in [-0.2, -0.15) is 0 Å². The number of carbonyl (C=O) groups is 1. The van der Waals surface area contributed by atoms with Crippen LogP contribution in [0.25, 0.3) is 0 Å². The van der Waals surface area contributed by atoms with Crippen LogP contribution in [0.4, 0.5) is 11.4 Å². The van der Waals surface area contributed by atoms with Gasteiger partial charge in [-0.25, -0.2) is 0 Å². The molecule has 2 heterocycles. The molecule has 1 N–H and O–H groups in total. The van der Waals surface area contributed by atoms with E-state index in [1.54, 1.807) is 12.3 Å². The molecule has 1 fully saturated rings. The van der Waals surface area contributed by atoms with Gasteiger partial charge in [-0.1, -0.05) is 30.3 Å². The molecule has 150 valence electrons. The first-order chi connectivity index (χ1) is 14.3. The molecule has 2 aliphatic heterocycles. The Balaban J connectivity index is 1.31. The van der Waals surface area contributed by atoms with Gasteiger partial charge in [0.15, 0.2) is 5.76 Å². The first-order valence-electron chi connectivity index (χ1n) is 9.73. The van der Waals surface area contributed by atoms with Crippen LogP contribution in [0.1, 0.15) is 11.9 Å². The first-order valence-corrected chi connectivity index (χ1v) is 9.73. The molecule has 2 aromatic carbocycles. The molecule has 6 heteroatoms. The SMILES string of the molecule is O=C(/C=C\Nc1ccc(N2CCOCC2)cc1)C1=CCOC(c2ccccc2)O1. The quantitative estimate of drug-likeness (QED) is 0.758. The maximum Gasteiger partial charge on any atom is 0.227 e. The standard InChI is InChI=1S/C23H24N2O4/c26-21(22-11-15-28-23(29-22)18-4-2-1-3-5-18)10-12-24-19-6-8-20(9-7-19)25-13-16-27-17-14-25/h1-12,23-24H,13-17H2/b12-10-. The molecule has 2 aliphatic rings. The van der Waals surface area contributed by atoms with E-state index in [4.69, 9.17) is 14.2 Å². The van der Waals surface area contributed by atoms with Crippen molar-refractivity contribution in [3.8, 4) is 0 Å². The molecule has 6 nitrogen and oxygen atoms in total. The Bertz CT molecular complexity index is 872. The summed E-state index contributed by atoms with van der Waals surface area (Å²) in [6, 6.07) is 17.7. The van der Waals surface area contributed by atoms with Crippen molar-refractivity contribution >= 4 is 17.2 Å². The molecule has 1 atom stereocenters. The lowest BCUT2D eigenvalue weighted by atomic mass is 10.2. The maximum atomic E-state index is 12.4. The first kappa shape index (κ1) is 19.2. The minimum Gasteiger partial charge on any atom is -0.457 e. The lowest BCUT2D eigenvalue weighted by molar-refractivity contribution is -0.142. The number of rotatable bonds is 6. The van der Waals surface area contributed by atoms with Crippen LogP contribution in [0.2, 0.25) is 0 Å². The number of benzene rings is 2. The number of ether oxygens (including phenoxy) is 3. The third-order valence-corrected chi connectivity index (χ3v) is 4.79. The van der Waals surface area contributed by atoms with Crippen molar-refractivity contribution in [1.29, 1.82) is 0 Å². The third-order valence-electron chi connectivity index (χ3n) is 4.79. The predicted octanol–water partition coefficient (Wildman–Crippen LogP) is 3.65. The predicted molar refractivity (Wildman–Crippen MR) is 112 cm³/mol. The molecule has 0 spiro atoms. The van der Waals surface area contributed by atoms with E-state index < -0.39 is 6.29 Å². The van der Waals surface area contributed by atoms with Gasteiger partial charge in [0, 0.05) is 42.3 Å². The van der Waals surface area contributed by atoms with Gasteiger partial charge in [0.25, 0.3) is 0 Å². The van der Waals surface area contributed by atoms with Gasteiger partial charge in [-0.3, -0.25) is 4.79 Å². The topological polar surface area (TPSA) is 60.0 Å². The highest BCUT2D eigenvalue weighted by atomic mass is 16.7. The second-order valence-electron chi connectivity index (χ2n) is 6.75. The van der Waals surface area contributed by atoms with Crippen molar-refractivity contribution in [2.75, 3.05) is 43.1 Å². The molecule has 2 aromatic rings. The fourth-order valence-electron chi connectivity index (χ4n) is 3.23. The molecule has 0 amide bonds. The van der Waals surface area contributed by atoms with E-state index in [1.165, 1.54) is 11.8 Å². The molecule has 4 rings (SSSR count). The number of hydrogen-bond acceptors (Lipinski definition) is 6. The van der Waals surface area contributed by atoms with Crippen LogP contribution in [-0.2, 0) is 19.0 Å². The third kappa shape index (κ3) is 5.04. The maximum absolute atomic E-state index is 12.4. The molecular weight excluding hydrogens is 368 g/mol. The second kappa shape index (κ2) is 9.41. The molecule has 1 saturated heterocycles. The summed E-state index contributed by atoms with van der Waals surface area (Å²) in [5.74, 6) is 0.0949. The zero-order chi connectivity index (χ0) is 19.9. The normalized spacial score (nSPS) is 19.5. The highest BCUT2D eigenvalue weighted by molar-refractivity contribution is 6.02. The number of anilines is 2. The number of carbonyl (C=O) groups excluding carboxylic acids is 1. The smallest absolute Gasteiger partial charge is 0.227 e. The minimum absolute atomic E-state index is 0.202. The molecule has 0 aromatic heterocycles. The largest absolute Gasteiger partial charge is 0.457 e. The number of nitrogens with zero attached hydrogens (tertiary/aromatic N) is 1. The molecule has 29 heavy (non-hydrogen) atoms. The molecule has 0 radical (unpaired) electrons. The Morgan fingerprint density at radius 3 is 2.55 bits per heavy atom. The van der Waals surface area contributed by atoms with Crippen molar-refractivity contribution in [1.82, 2.24) is 0 Å². The fourth-order valence-corrected chi connectivity index (χ4v) is 3.23. The molecule has 0 saturated carbocycles. The van der Waals surface area contributed by atoms with E-state index in [1.807, 2.05) is 42.5 Å². The lowest BCUT2D eigenvalue weighted by Gasteiger charge is -2.28. The summed E-state index contributed by atoms with van der Waals surface area (Å²) in [5.41, 5.74) is 2.97. The van der Waals surface area contributed by atoms with E-state index in [2.05, 4.69) is 22.3 Å². The van der Waals surface area contributed by atoms with Crippen LogP contribution < -0.4 is 10.2 Å². The number of allylic oxidation sites excluding steroid dienone is 1. The minimum atomic E-state index is -0.561. The van der Waals surface area contributed by atoms with E-state index >= 15 is 0 Å². The van der Waals surface area contributed by atoms with Crippen molar-refractivity contribution in [2.45, 2.75) is 6.29 Å². The van der Waals surface area contributed by atoms with Gasteiger partial charge >= 0.3 is 0 Å². The number of morpholine rings is 1. The van der Waals surface area contributed by atoms with Gasteiger partial charge in [0.1, 0.15) is 0 Å². The molecule has 0 aliphatic carbocycles. The van der Waals surface area contributed by atoms with Crippen LogP contribution in [0.15, 0.2) is 78.7 Å². The van der Waals surface area contributed by atoms with Crippen LogP contribution in [0, 0.1) is 0 Å². The molecule has 0 bridgehead atoms. The summed E-state index contributed by atoms with van der Waals surface area (Å²) in [4.78, 5) is 14.7. The molecular formula is C23H24N2O4. The van der Waals surface area contributed by atoms with Crippen molar-refractivity contribution < 1.29 is 19.0 Å². The Hall–Kier alpha value is -3.09. The second-order valence-corrected chi connectivity index (χ2v) is 6.75. The van der Waals surface area contributed by atoms with Gasteiger partial charge in [-0.05, 0) is 30.3 Å². The lowest BCUT2D eigenvalue weighted by Crippen LogP contribution is -2.36. The fraction of sp³-hybridized carbons (Fsp3) is 0.261. The summed E-state index contributed by atoms with van der Waals surface area (Å²) >= 11 is 0. The van der Waals surface area contributed by atoms with Crippen molar-refractivity contribution in [3.05, 3.63) is 84.3 Å². The number of nitrogens with one attached hydrogen (secondary N) is 1. The van der Waals surface area contributed by atoms with E-state index in [9.17, 15) is 4.79 Å². The summed E-state index contributed by atoms with van der Waals surface area (Å²) in [5, 5.41) is 3.13. The number of ketones is 1. The zero-order valence-corrected chi connectivity index (χ0v) is 16.1. The van der Waals surface area contributed by atoms with Gasteiger partial charge in [-0.15, -0.1) is 0 Å². The number of hydrogen-bond donors (Lipinski definition) is 1. The monoisotopic (exact) mass is 392 g/mol. The van der Waals surface area contributed by atoms with Crippen LogP contribution in [0.3, 0.4) is 0 Å². The van der Waals surface area contributed by atoms with E-state index in [0.717, 1.165) is 37.6 Å². The summed E-state index contributed by atoms with van der Waals surface area (Å²) < 4.78 is 16.7. The van der Waals surface area contributed by atoms with E-state index in [-0.39, 0.29) is 5.78 Å². The average molecular weight is 392 g/mol. The van der Waals surface area contributed by atoms with Crippen LogP contribution in [0.5, 0.6) is 0 Å². The Kier molecular flexibility index (Phi) is 6.24. The van der Waals surface area contributed by atoms with Crippen molar-refractivity contribution in [2.24, 2.45) is 0 Å². The van der Waals surface area contributed by atoms with Crippen molar-refractivity contribution in [3.63, 3.8) is 0 Å². The highest BCUT2D eigenvalue weighted by Crippen LogP contribution is 2.26.